The second-order valence-corrected chi connectivity index (χ2v) is 5.55. The summed E-state index contributed by atoms with van der Waals surface area (Å²) in [5, 5.41) is 10.9. The summed E-state index contributed by atoms with van der Waals surface area (Å²) in [4.78, 5) is 2.47. The summed E-state index contributed by atoms with van der Waals surface area (Å²) in [5.41, 5.74) is 0.928. The Balaban J connectivity index is 1.82. The van der Waals surface area contributed by atoms with Crippen molar-refractivity contribution in [2.24, 2.45) is 0 Å². The predicted molar refractivity (Wildman–Crippen MR) is 75.9 cm³/mol. The van der Waals surface area contributed by atoms with Gasteiger partial charge in [-0.05, 0) is 50.0 Å². The molecule has 1 unspecified atom stereocenters. The first-order chi connectivity index (χ1) is 8.75. The monoisotopic (exact) mass is 267 g/mol. The number of benzene rings is 1. The van der Waals surface area contributed by atoms with Gasteiger partial charge in [-0.1, -0.05) is 36.6 Å². The van der Waals surface area contributed by atoms with Gasteiger partial charge in [0.05, 0.1) is 6.10 Å². The Kier molecular flexibility index (Phi) is 5.48. The Hall–Kier alpha value is -0.570. The number of aliphatic hydroxyl groups excluding tert-OH is 1. The summed E-state index contributed by atoms with van der Waals surface area (Å²) >= 11 is 5.94. The summed E-state index contributed by atoms with van der Waals surface area (Å²) in [6.07, 6.45) is 5.70. The van der Waals surface area contributed by atoms with Crippen molar-refractivity contribution in [3.8, 4) is 0 Å². The Bertz CT molecular complexity index is 361. The normalized spacial score (nSPS) is 19.4. The minimum atomic E-state index is -0.396. The van der Waals surface area contributed by atoms with Gasteiger partial charge in [-0.15, -0.1) is 0 Å². The zero-order valence-electron chi connectivity index (χ0n) is 10.8. The van der Waals surface area contributed by atoms with Crippen LogP contribution in [0, 0.1) is 0 Å². The van der Waals surface area contributed by atoms with Gasteiger partial charge >= 0.3 is 0 Å². The molecule has 2 nitrogen and oxygen atoms in total. The van der Waals surface area contributed by atoms with Crippen LogP contribution in [0.5, 0.6) is 0 Å². The quantitative estimate of drug-likeness (QED) is 0.900. The standard InChI is InChI=1S/C15H22ClNO/c16-14-7-5-6-13(12-14)15(18)8-11-17-9-3-1-2-4-10-17/h5-7,12,15,18H,1-4,8-11H2. The molecular formula is C15H22ClNO. The van der Waals surface area contributed by atoms with Crippen molar-refractivity contribution in [2.75, 3.05) is 19.6 Å². The van der Waals surface area contributed by atoms with Crippen LogP contribution in [0.2, 0.25) is 5.02 Å². The van der Waals surface area contributed by atoms with Crippen molar-refractivity contribution in [2.45, 2.75) is 38.2 Å². The second-order valence-electron chi connectivity index (χ2n) is 5.12. The van der Waals surface area contributed by atoms with Gasteiger partial charge in [0, 0.05) is 11.6 Å². The molecule has 1 aromatic rings. The molecule has 2 rings (SSSR count). The first-order valence-corrected chi connectivity index (χ1v) is 7.29. The van der Waals surface area contributed by atoms with E-state index >= 15 is 0 Å². The SMILES string of the molecule is OC(CCN1CCCCCC1)c1cccc(Cl)c1. The van der Waals surface area contributed by atoms with Crippen LogP contribution >= 0.6 is 11.6 Å². The Morgan fingerprint density at radius 3 is 2.56 bits per heavy atom. The molecule has 1 N–H and O–H groups in total. The number of likely N-dealkylation sites (tertiary alicyclic amines) is 1. The first-order valence-electron chi connectivity index (χ1n) is 6.91. The van der Waals surface area contributed by atoms with Crippen molar-refractivity contribution in [1.29, 1.82) is 0 Å². The van der Waals surface area contributed by atoms with E-state index in [2.05, 4.69) is 4.90 Å². The van der Waals surface area contributed by atoms with Crippen LogP contribution in [0.1, 0.15) is 43.8 Å². The molecule has 1 fully saturated rings. The Morgan fingerprint density at radius 2 is 1.89 bits per heavy atom. The van der Waals surface area contributed by atoms with Crippen LogP contribution in [0.15, 0.2) is 24.3 Å². The molecule has 1 heterocycles. The maximum atomic E-state index is 10.2. The first kappa shape index (κ1) is 13.9. The number of hydrogen-bond donors (Lipinski definition) is 1. The van der Waals surface area contributed by atoms with E-state index in [4.69, 9.17) is 11.6 Å². The largest absolute Gasteiger partial charge is 0.388 e. The lowest BCUT2D eigenvalue weighted by Gasteiger charge is -2.21. The van der Waals surface area contributed by atoms with Crippen LogP contribution in [0.4, 0.5) is 0 Å². The van der Waals surface area contributed by atoms with E-state index in [0.29, 0.717) is 5.02 Å². The van der Waals surface area contributed by atoms with Crippen LogP contribution in [-0.2, 0) is 0 Å². The molecule has 3 heteroatoms. The van der Waals surface area contributed by atoms with Gasteiger partial charge in [0.25, 0.3) is 0 Å². The summed E-state index contributed by atoms with van der Waals surface area (Å²) in [7, 11) is 0. The van der Waals surface area contributed by atoms with Crippen molar-refractivity contribution in [3.63, 3.8) is 0 Å². The number of rotatable bonds is 4. The second kappa shape index (κ2) is 7.13. The molecule has 1 atom stereocenters. The topological polar surface area (TPSA) is 23.5 Å². The van der Waals surface area contributed by atoms with Gasteiger partial charge in [-0.25, -0.2) is 0 Å². The summed E-state index contributed by atoms with van der Waals surface area (Å²) in [6.45, 7) is 3.35. The van der Waals surface area contributed by atoms with Gasteiger partial charge < -0.3 is 10.0 Å². The van der Waals surface area contributed by atoms with Crippen molar-refractivity contribution >= 4 is 11.6 Å². The highest BCUT2D eigenvalue weighted by Gasteiger charge is 2.12. The number of hydrogen-bond acceptors (Lipinski definition) is 2. The zero-order chi connectivity index (χ0) is 12.8. The third-order valence-corrected chi connectivity index (χ3v) is 3.89. The highest BCUT2D eigenvalue weighted by atomic mass is 35.5. The molecule has 0 bridgehead atoms. The van der Waals surface area contributed by atoms with E-state index in [1.165, 1.54) is 38.8 Å². The molecule has 0 aromatic heterocycles. The zero-order valence-corrected chi connectivity index (χ0v) is 11.6. The molecule has 1 saturated heterocycles. The minimum absolute atomic E-state index is 0.396. The molecule has 18 heavy (non-hydrogen) atoms. The maximum Gasteiger partial charge on any atom is 0.0802 e. The molecule has 0 aliphatic carbocycles. The van der Waals surface area contributed by atoms with Crippen LogP contribution in [-0.4, -0.2) is 29.6 Å². The van der Waals surface area contributed by atoms with Crippen molar-refractivity contribution in [3.05, 3.63) is 34.9 Å². The third-order valence-electron chi connectivity index (χ3n) is 3.65. The summed E-state index contributed by atoms with van der Waals surface area (Å²) in [5.74, 6) is 0. The molecule has 100 valence electrons. The van der Waals surface area contributed by atoms with E-state index in [9.17, 15) is 5.11 Å². The molecular weight excluding hydrogens is 246 g/mol. The fourth-order valence-corrected chi connectivity index (χ4v) is 2.74. The molecule has 1 aromatic carbocycles. The molecule has 0 amide bonds. The fourth-order valence-electron chi connectivity index (χ4n) is 2.55. The molecule has 1 aliphatic rings. The van der Waals surface area contributed by atoms with Crippen molar-refractivity contribution < 1.29 is 5.11 Å². The average Bonchev–Trinajstić information content (AvgIpc) is 2.64. The number of halogens is 1. The number of aliphatic hydroxyl groups is 1. The van der Waals surface area contributed by atoms with Crippen molar-refractivity contribution in [1.82, 2.24) is 4.90 Å². The summed E-state index contributed by atoms with van der Waals surface area (Å²) < 4.78 is 0. The minimum Gasteiger partial charge on any atom is -0.388 e. The highest BCUT2D eigenvalue weighted by molar-refractivity contribution is 6.30. The van der Waals surface area contributed by atoms with Crippen LogP contribution < -0.4 is 0 Å². The van der Waals surface area contributed by atoms with E-state index in [-0.39, 0.29) is 0 Å². The lowest BCUT2D eigenvalue weighted by atomic mass is 10.1. The lowest BCUT2D eigenvalue weighted by Crippen LogP contribution is -2.26. The van der Waals surface area contributed by atoms with Gasteiger partial charge in [-0.2, -0.15) is 0 Å². The van der Waals surface area contributed by atoms with E-state index < -0.39 is 6.10 Å². The number of nitrogens with zero attached hydrogens (tertiary/aromatic N) is 1. The average molecular weight is 268 g/mol. The smallest absolute Gasteiger partial charge is 0.0802 e. The Labute approximate surface area is 115 Å². The van der Waals surface area contributed by atoms with Gasteiger partial charge in [0.2, 0.25) is 0 Å². The lowest BCUT2D eigenvalue weighted by molar-refractivity contribution is 0.143. The van der Waals surface area contributed by atoms with E-state index in [0.717, 1.165) is 18.5 Å². The highest BCUT2D eigenvalue weighted by Crippen LogP contribution is 2.21. The van der Waals surface area contributed by atoms with Gasteiger partial charge in [0.15, 0.2) is 0 Å². The van der Waals surface area contributed by atoms with E-state index in [1.54, 1.807) is 0 Å². The van der Waals surface area contributed by atoms with Gasteiger partial charge in [-0.3, -0.25) is 0 Å². The third kappa shape index (κ3) is 4.27. The van der Waals surface area contributed by atoms with Gasteiger partial charge in [0.1, 0.15) is 0 Å². The molecule has 0 radical (unpaired) electrons. The van der Waals surface area contributed by atoms with Crippen LogP contribution in [0.3, 0.4) is 0 Å². The maximum absolute atomic E-state index is 10.2. The molecule has 0 saturated carbocycles. The summed E-state index contributed by atoms with van der Waals surface area (Å²) in [6, 6.07) is 7.53. The van der Waals surface area contributed by atoms with Crippen LogP contribution in [0.25, 0.3) is 0 Å². The van der Waals surface area contributed by atoms with E-state index in [1.807, 2.05) is 24.3 Å². The molecule has 0 spiro atoms. The Morgan fingerprint density at radius 1 is 1.17 bits per heavy atom. The fraction of sp³-hybridized carbons (Fsp3) is 0.600. The molecule has 1 aliphatic heterocycles. The predicted octanol–water partition coefficient (Wildman–Crippen LogP) is 3.64.